The Labute approximate surface area is 130 Å². The van der Waals surface area contributed by atoms with Crippen LogP contribution in [0.4, 0.5) is 5.69 Å². The first-order valence-corrected chi connectivity index (χ1v) is 9.06. The van der Waals surface area contributed by atoms with Crippen molar-refractivity contribution < 1.29 is 13.2 Å². The molecule has 0 saturated heterocycles. The number of anilines is 1. The summed E-state index contributed by atoms with van der Waals surface area (Å²) in [4.78, 5) is 12.5. The Morgan fingerprint density at radius 2 is 1.82 bits per heavy atom. The van der Waals surface area contributed by atoms with Crippen LogP contribution in [0.5, 0.6) is 0 Å². The fourth-order valence-electron chi connectivity index (χ4n) is 2.72. The van der Waals surface area contributed by atoms with E-state index in [1.807, 2.05) is 18.2 Å². The van der Waals surface area contributed by atoms with Crippen molar-refractivity contribution >= 4 is 21.4 Å². The molecule has 0 bridgehead atoms. The molecule has 5 heteroatoms. The number of hydrogen-bond donors (Lipinski definition) is 1. The number of rotatable bonds is 3. The number of nitrogens with one attached hydrogen (secondary N) is 1. The number of hydrogen-bond acceptors (Lipinski definition) is 3. The van der Waals surface area contributed by atoms with Crippen molar-refractivity contribution in [2.45, 2.75) is 24.2 Å². The van der Waals surface area contributed by atoms with Gasteiger partial charge in [-0.25, -0.2) is 8.42 Å². The normalized spacial score (nSPS) is 13.7. The third kappa shape index (κ3) is 3.04. The number of aryl methyl sites for hydroxylation is 2. The molecule has 0 heterocycles. The van der Waals surface area contributed by atoms with Gasteiger partial charge in [-0.1, -0.05) is 12.1 Å². The van der Waals surface area contributed by atoms with Crippen molar-refractivity contribution in [1.82, 2.24) is 0 Å². The van der Waals surface area contributed by atoms with Crippen molar-refractivity contribution in [3.05, 3.63) is 59.2 Å². The summed E-state index contributed by atoms with van der Waals surface area (Å²) in [5.41, 5.74) is 3.63. The first-order valence-electron chi connectivity index (χ1n) is 7.17. The van der Waals surface area contributed by atoms with Gasteiger partial charge in [0.05, 0.1) is 4.90 Å². The van der Waals surface area contributed by atoms with Gasteiger partial charge in [0.2, 0.25) is 0 Å². The van der Waals surface area contributed by atoms with E-state index < -0.39 is 9.84 Å². The van der Waals surface area contributed by atoms with Crippen LogP contribution in [0.15, 0.2) is 47.4 Å². The molecule has 1 aliphatic rings. The van der Waals surface area contributed by atoms with Gasteiger partial charge in [0.15, 0.2) is 9.84 Å². The summed E-state index contributed by atoms with van der Waals surface area (Å²) in [6.07, 6.45) is 4.37. The summed E-state index contributed by atoms with van der Waals surface area (Å²) >= 11 is 0. The number of carbonyl (C=O) groups is 1. The van der Waals surface area contributed by atoms with E-state index in [1.165, 1.54) is 23.3 Å². The Balaban J connectivity index is 1.83. The van der Waals surface area contributed by atoms with E-state index in [0.717, 1.165) is 25.5 Å². The fraction of sp³-hybridized carbons (Fsp3) is 0.235. The molecule has 114 valence electrons. The summed E-state index contributed by atoms with van der Waals surface area (Å²) < 4.78 is 23.1. The lowest BCUT2D eigenvalue weighted by Gasteiger charge is -2.08. The Bertz CT molecular complexity index is 841. The van der Waals surface area contributed by atoms with Gasteiger partial charge in [0, 0.05) is 17.5 Å². The average Bonchev–Trinajstić information content (AvgIpc) is 2.94. The number of benzene rings is 2. The van der Waals surface area contributed by atoms with Crippen molar-refractivity contribution in [3.8, 4) is 0 Å². The van der Waals surface area contributed by atoms with Gasteiger partial charge in [-0.05, 0) is 60.7 Å². The molecule has 0 saturated carbocycles. The summed E-state index contributed by atoms with van der Waals surface area (Å²) in [5.74, 6) is -0.222. The van der Waals surface area contributed by atoms with Crippen molar-refractivity contribution in [3.63, 3.8) is 0 Å². The SMILES string of the molecule is CS(=O)(=O)c1cccc(NC(=O)c2ccc3c(c2)CCC3)c1. The van der Waals surface area contributed by atoms with Gasteiger partial charge in [0.25, 0.3) is 5.91 Å². The second-order valence-electron chi connectivity index (χ2n) is 5.59. The van der Waals surface area contributed by atoms with E-state index in [0.29, 0.717) is 11.3 Å². The first kappa shape index (κ1) is 14.8. The van der Waals surface area contributed by atoms with E-state index in [9.17, 15) is 13.2 Å². The molecule has 0 aromatic heterocycles. The van der Waals surface area contributed by atoms with E-state index in [1.54, 1.807) is 12.1 Å². The Hall–Kier alpha value is -2.14. The molecule has 3 rings (SSSR count). The number of fused-ring (bicyclic) bond motifs is 1. The molecule has 0 unspecified atom stereocenters. The molecule has 0 spiro atoms. The second-order valence-corrected chi connectivity index (χ2v) is 7.61. The number of sulfone groups is 1. The van der Waals surface area contributed by atoms with Gasteiger partial charge in [-0.2, -0.15) is 0 Å². The van der Waals surface area contributed by atoms with Crippen LogP contribution >= 0.6 is 0 Å². The van der Waals surface area contributed by atoms with Crippen LogP contribution in [0.2, 0.25) is 0 Å². The molecular formula is C17H17NO3S. The lowest BCUT2D eigenvalue weighted by Crippen LogP contribution is -2.12. The van der Waals surface area contributed by atoms with Crippen LogP contribution < -0.4 is 5.32 Å². The third-order valence-electron chi connectivity index (χ3n) is 3.88. The molecule has 0 radical (unpaired) electrons. The van der Waals surface area contributed by atoms with E-state index >= 15 is 0 Å². The molecule has 1 N–H and O–H groups in total. The summed E-state index contributed by atoms with van der Waals surface area (Å²) in [5, 5.41) is 2.76. The molecular weight excluding hydrogens is 298 g/mol. The fourth-order valence-corrected chi connectivity index (χ4v) is 3.39. The number of amides is 1. The molecule has 0 aliphatic heterocycles. The van der Waals surface area contributed by atoms with Gasteiger partial charge < -0.3 is 5.32 Å². The molecule has 2 aromatic carbocycles. The predicted octanol–water partition coefficient (Wildman–Crippen LogP) is 2.83. The average molecular weight is 315 g/mol. The highest BCUT2D eigenvalue weighted by Gasteiger charge is 2.14. The Kier molecular flexibility index (Phi) is 3.74. The lowest BCUT2D eigenvalue weighted by molar-refractivity contribution is 0.102. The van der Waals surface area contributed by atoms with Crippen LogP contribution in [0.3, 0.4) is 0 Å². The maximum absolute atomic E-state index is 12.3. The molecule has 2 aromatic rings. The van der Waals surface area contributed by atoms with Crippen molar-refractivity contribution in [2.24, 2.45) is 0 Å². The zero-order chi connectivity index (χ0) is 15.7. The monoisotopic (exact) mass is 315 g/mol. The maximum atomic E-state index is 12.3. The smallest absolute Gasteiger partial charge is 0.255 e. The van der Waals surface area contributed by atoms with Crippen LogP contribution in [0, 0.1) is 0 Å². The topological polar surface area (TPSA) is 63.2 Å². The largest absolute Gasteiger partial charge is 0.322 e. The standard InChI is InChI=1S/C17H17NO3S/c1-22(20,21)16-7-3-6-15(11-16)18-17(19)14-9-8-12-4-2-5-13(12)10-14/h3,6-11H,2,4-5H2,1H3,(H,18,19). The van der Waals surface area contributed by atoms with Crippen LogP contribution in [-0.4, -0.2) is 20.6 Å². The number of carbonyl (C=O) groups excluding carboxylic acids is 1. The van der Waals surface area contributed by atoms with Gasteiger partial charge >= 0.3 is 0 Å². The molecule has 0 fully saturated rings. The van der Waals surface area contributed by atoms with Crippen molar-refractivity contribution in [1.29, 1.82) is 0 Å². The minimum atomic E-state index is -3.29. The third-order valence-corrected chi connectivity index (χ3v) is 4.99. The highest BCUT2D eigenvalue weighted by Crippen LogP contribution is 2.23. The van der Waals surface area contributed by atoms with Crippen LogP contribution in [-0.2, 0) is 22.7 Å². The summed E-state index contributed by atoms with van der Waals surface area (Å²) in [6, 6.07) is 12.0. The Morgan fingerprint density at radius 3 is 2.59 bits per heavy atom. The first-order chi connectivity index (χ1) is 10.4. The second kappa shape index (κ2) is 5.57. The maximum Gasteiger partial charge on any atom is 0.255 e. The molecule has 1 aliphatic carbocycles. The quantitative estimate of drug-likeness (QED) is 0.947. The Morgan fingerprint density at radius 1 is 1.05 bits per heavy atom. The summed E-state index contributed by atoms with van der Waals surface area (Å²) in [7, 11) is -3.29. The lowest BCUT2D eigenvalue weighted by atomic mass is 10.1. The van der Waals surface area contributed by atoms with Gasteiger partial charge in [-0.15, -0.1) is 0 Å². The zero-order valence-corrected chi connectivity index (χ0v) is 13.1. The molecule has 22 heavy (non-hydrogen) atoms. The van der Waals surface area contributed by atoms with Gasteiger partial charge in [-0.3, -0.25) is 4.79 Å². The summed E-state index contributed by atoms with van der Waals surface area (Å²) in [6.45, 7) is 0. The highest BCUT2D eigenvalue weighted by molar-refractivity contribution is 7.90. The predicted molar refractivity (Wildman–Crippen MR) is 86.0 cm³/mol. The van der Waals surface area contributed by atoms with Crippen molar-refractivity contribution in [2.75, 3.05) is 11.6 Å². The van der Waals surface area contributed by atoms with E-state index in [2.05, 4.69) is 5.32 Å². The van der Waals surface area contributed by atoms with Gasteiger partial charge in [0.1, 0.15) is 0 Å². The van der Waals surface area contributed by atoms with E-state index in [4.69, 9.17) is 0 Å². The zero-order valence-electron chi connectivity index (χ0n) is 12.3. The highest BCUT2D eigenvalue weighted by atomic mass is 32.2. The molecule has 1 amide bonds. The minimum Gasteiger partial charge on any atom is -0.322 e. The molecule has 4 nitrogen and oxygen atoms in total. The van der Waals surface area contributed by atoms with Crippen LogP contribution in [0.1, 0.15) is 27.9 Å². The van der Waals surface area contributed by atoms with Crippen LogP contribution in [0.25, 0.3) is 0 Å². The molecule has 0 atom stereocenters. The van der Waals surface area contributed by atoms with E-state index in [-0.39, 0.29) is 10.8 Å². The minimum absolute atomic E-state index is 0.194.